The molecule has 0 saturated heterocycles. The lowest BCUT2D eigenvalue weighted by atomic mass is 10.4. The summed E-state index contributed by atoms with van der Waals surface area (Å²) in [5.41, 5.74) is -0.0149. The maximum absolute atomic E-state index is 12.3. The van der Waals surface area contributed by atoms with E-state index in [1.165, 1.54) is 29.1 Å². The molecule has 0 atom stereocenters. The van der Waals surface area contributed by atoms with Gasteiger partial charge in [-0.25, -0.2) is 18.2 Å². The van der Waals surface area contributed by atoms with Crippen molar-refractivity contribution in [2.24, 2.45) is 0 Å². The van der Waals surface area contributed by atoms with Gasteiger partial charge in [0.15, 0.2) is 0 Å². The Morgan fingerprint density at radius 2 is 2.14 bits per heavy atom. The number of rotatable bonds is 5. The van der Waals surface area contributed by atoms with E-state index in [1.54, 1.807) is 12.1 Å². The average molecular weight is 307 g/mol. The van der Waals surface area contributed by atoms with Crippen LogP contribution in [-0.2, 0) is 10.0 Å². The summed E-state index contributed by atoms with van der Waals surface area (Å²) >= 11 is 0. The Balaban J connectivity index is 1.95. The Bertz CT molecular complexity index is 779. The molecule has 0 aliphatic heterocycles. The fourth-order valence-corrected chi connectivity index (χ4v) is 3.08. The third-order valence-electron chi connectivity index (χ3n) is 3.20. The molecule has 110 valence electrons. The molecule has 8 heteroatoms. The van der Waals surface area contributed by atoms with Crippen molar-refractivity contribution in [1.82, 2.24) is 9.55 Å². The molecule has 2 aromatic heterocycles. The number of carboxylic acids is 1. The van der Waals surface area contributed by atoms with Gasteiger partial charge in [0.1, 0.15) is 16.4 Å². The van der Waals surface area contributed by atoms with Crippen molar-refractivity contribution in [2.45, 2.75) is 23.8 Å². The lowest BCUT2D eigenvalue weighted by molar-refractivity contribution is 0.0685. The largest absolute Gasteiger partial charge is 0.477 e. The minimum Gasteiger partial charge on any atom is -0.477 e. The first-order valence-corrected chi connectivity index (χ1v) is 7.85. The lowest BCUT2D eigenvalue weighted by Crippen LogP contribution is -2.13. The van der Waals surface area contributed by atoms with Gasteiger partial charge in [0.25, 0.3) is 10.0 Å². The molecule has 3 rings (SSSR count). The predicted octanol–water partition coefficient (Wildman–Crippen LogP) is 1.72. The van der Waals surface area contributed by atoms with E-state index in [0.717, 1.165) is 12.8 Å². The summed E-state index contributed by atoms with van der Waals surface area (Å²) in [6.45, 7) is 0. The molecule has 0 aromatic carbocycles. The quantitative estimate of drug-likeness (QED) is 0.875. The number of nitrogens with one attached hydrogen (secondary N) is 1. The summed E-state index contributed by atoms with van der Waals surface area (Å²) in [6, 6.07) is 6.10. The van der Waals surface area contributed by atoms with E-state index < -0.39 is 16.0 Å². The van der Waals surface area contributed by atoms with Crippen LogP contribution in [0.5, 0.6) is 0 Å². The first kappa shape index (κ1) is 13.6. The third-order valence-corrected chi connectivity index (χ3v) is 4.52. The molecule has 0 unspecified atom stereocenters. The molecule has 1 fully saturated rings. The monoisotopic (exact) mass is 307 g/mol. The maximum atomic E-state index is 12.3. The van der Waals surface area contributed by atoms with Crippen LogP contribution < -0.4 is 4.72 Å². The summed E-state index contributed by atoms with van der Waals surface area (Å²) in [5, 5.41) is 9.16. The van der Waals surface area contributed by atoms with E-state index in [2.05, 4.69) is 9.71 Å². The summed E-state index contributed by atoms with van der Waals surface area (Å²) in [4.78, 5) is 15.0. The Kier molecular flexibility index (Phi) is 3.17. The highest BCUT2D eigenvalue weighted by atomic mass is 32.2. The van der Waals surface area contributed by atoms with Crippen LogP contribution in [0.15, 0.2) is 41.6 Å². The number of nitrogens with zero attached hydrogens (tertiary/aromatic N) is 2. The smallest absolute Gasteiger partial charge is 0.352 e. The molecule has 0 amide bonds. The van der Waals surface area contributed by atoms with Crippen molar-refractivity contribution in [3.8, 4) is 0 Å². The van der Waals surface area contributed by atoms with Crippen LogP contribution in [0.25, 0.3) is 0 Å². The zero-order chi connectivity index (χ0) is 15.0. The standard InChI is InChI=1S/C13H13N3O4S/c17-13(18)11-7-10(8-16(11)9-4-5-9)21(19,20)15-12-3-1-2-6-14-12/h1-3,6-9H,4-5H2,(H,14,15)(H,17,18). The Morgan fingerprint density at radius 3 is 2.71 bits per heavy atom. The van der Waals surface area contributed by atoms with Crippen molar-refractivity contribution in [3.63, 3.8) is 0 Å². The predicted molar refractivity (Wildman–Crippen MR) is 74.7 cm³/mol. The van der Waals surface area contributed by atoms with Gasteiger partial charge in [0.2, 0.25) is 0 Å². The number of hydrogen-bond acceptors (Lipinski definition) is 4. The van der Waals surface area contributed by atoms with Gasteiger partial charge in [-0.05, 0) is 31.0 Å². The molecule has 0 spiro atoms. The maximum Gasteiger partial charge on any atom is 0.352 e. The molecule has 0 bridgehead atoms. The number of anilines is 1. The van der Waals surface area contributed by atoms with Gasteiger partial charge in [-0.1, -0.05) is 6.07 Å². The van der Waals surface area contributed by atoms with Crippen LogP contribution in [0, 0.1) is 0 Å². The third kappa shape index (κ3) is 2.75. The number of sulfonamides is 1. The Labute approximate surface area is 121 Å². The van der Waals surface area contributed by atoms with E-state index in [-0.39, 0.29) is 22.4 Å². The second-order valence-electron chi connectivity index (χ2n) is 4.83. The van der Waals surface area contributed by atoms with Crippen LogP contribution in [0.1, 0.15) is 29.4 Å². The molecule has 2 heterocycles. The van der Waals surface area contributed by atoms with Crippen LogP contribution in [-0.4, -0.2) is 29.0 Å². The zero-order valence-corrected chi connectivity index (χ0v) is 11.7. The summed E-state index contributed by atoms with van der Waals surface area (Å²) in [5.74, 6) is -0.949. The molecule has 0 radical (unpaired) electrons. The number of aromatic carboxylic acids is 1. The van der Waals surface area contributed by atoms with E-state index in [1.807, 2.05) is 0 Å². The van der Waals surface area contributed by atoms with Gasteiger partial charge in [0.05, 0.1) is 0 Å². The molecular weight excluding hydrogens is 294 g/mol. The van der Waals surface area contributed by atoms with Gasteiger partial charge in [-0.2, -0.15) is 0 Å². The molecule has 2 N–H and O–H groups in total. The van der Waals surface area contributed by atoms with Gasteiger partial charge in [-0.15, -0.1) is 0 Å². The minimum absolute atomic E-state index is 0.0149. The van der Waals surface area contributed by atoms with Gasteiger partial charge >= 0.3 is 5.97 Å². The van der Waals surface area contributed by atoms with Crippen LogP contribution in [0.4, 0.5) is 5.82 Å². The topological polar surface area (TPSA) is 101 Å². The number of carboxylic acid groups (broad SMARTS) is 1. The van der Waals surface area contributed by atoms with Gasteiger partial charge < -0.3 is 9.67 Å². The highest BCUT2D eigenvalue weighted by molar-refractivity contribution is 7.92. The molecule has 1 saturated carbocycles. The molecule has 1 aliphatic carbocycles. The van der Waals surface area contributed by atoms with Crippen LogP contribution in [0.2, 0.25) is 0 Å². The lowest BCUT2D eigenvalue weighted by Gasteiger charge is -2.04. The van der Waals surface area contributed by atoms with Crippen molar-refractivity contribution >= 4 is 21.8 Å². The fourth-order valence-electron chi connectivity index (χ4n) is 2.05. The van der Waals surface area contributed by atoms with Gasteiger partial charge in [0, 0.05) is 18.4 Å². The van der Waals surface area contributed by atoms with E-state index in [4.69, 9.17) is 5.11 Å². The molecular formula is C13H13N3O4S. The van der Waals surface area contributed by atoms with Crippen molar-refractivity contribution in [1.29, 1.82) is 0 Å². The minimum atomic E-state index is -3.85. The highest BCUT2D eigenvalue weighted by Crippen LogP contribution is 2.37. The van der Waals surface area contributed by atoms with Crippen LogP contribution in [0.3, 0.4) is 0 Å². The first-order valence-electron chi connectivity index (χ1n) is 6.36. The van der Waals surface area contributed by atoms with Gasteiger partial charge in [-0.3, -0.25) is 4.72 Å². The van der Waals surface area contributed by atoms with Crippen molar-refractivity contribution < 1.29 is 18.3 Å². The zero-order valence-electron chi connectivity index (χ0n) is 10.9. The fraction of sp³-hybridized carbons (Fsp3) is 0.231. The molecule has 1 aliphatic rings. The summed E-state index contributed by atoms with van der Waals surface area (Å²) in [6.07, 6.45) is 4.56. The second-order valence-corrected chi connectivity index (χ2v) is 6.51. The van der Waals surface area contributed by atoms with E-state index in [9.17, 15) is 13.2 Å². The van der Waals surface area contributed by atoms with Crippen molar-refractivity contribution in [2.75, 3.05) is 4.72 Å². The average Bonchev–Trinajstić information content (AvgIpc) is 3.17. The Hall–Kier alpha value is -2.35. The molecule has 21 heavy (non-hydrogen) atoms. The second kappa shape index (κ2) is 4.88. The number of pyridine rings is 1. The number of hydrogen-bond donors (Lipinski definition) is 2. The SMILES string of the molecule is O=C(O)c1cc(S(=O)(=O)Nc2ccccn2)cn1C1CC1. The van der Waals surface area contributed by atoms with Crippen LogP contribution >= 0.6 is 0 Å². The van der Waals surface area contributed by atoms with E-state index >= 15 is 0 Å². The molecule has 2 aromatic rings. The van der Waals surface area contributed by atoms with E-state index in [0.29, 0.717) is 0 Å². The summed E-state index contributed by atoms with van der Waals surface area (Å²) < 4.78 is 28.4. The summed E-state index contributed by atoms with van der Waals surface area (Å²) in [7, 11) is -3.85. The first-order chi connectivity index (χ1) is 9.97. The van der Waals surface area contributed by atoms with Crippen molar-refractivity contribution in [3.05, 3.63) is 42.4 Å². The highest BCUT2D eigenvalue weighted by Gasteiger charge is 2.30. The normalized spacial score (nSPS) is 14.9. The Morgan fingerprint density at radius 1 is 1.38 bits per heavy atom. The molecule has 7 nitrogen and oxygen atoms in total. The number of carbonyl (C=O) groups is 1. The number of aromatic nitrogens is 2.